The van der Waals surface area contributed by atoms with E-state index in [-0.39, 0.29) is 11.9 Å². The van der Waals surface area contributed by atoms with Gasteiger partial charge >= 0.3 is 5.97 Å². The summed E-state index contributed by atoms with van der Waals surface area (Å²) in [6, 6.07) is 8.09. The van der Waals surface area contributed by atoms with Gasteiger partial charge < -0.3 is 14.8 Å². The minimum absolute atomic E-state index is 0.154. The summed E-state index contributed by atoms with van der Waals surface area (Å²) >= 11 is 0. The molecule has 1 aliphatic rings. The van der Waals surface area contributed by atoms with Crippen LogP contribution in [-0.4, -0.2) is 32.3 Å². The lowest BCUT2D eigenvalue weighted by atomic mass is 9.98. The molecule has 1 unspecified atom stereocenters. The average Bonchev–Trinajstić information content (AvgIpc) is 2.78. The quantitative estimate of drug-likeness (QED) is 0.620. The number of hydrogen-bond acceptors (Lipinski definition) is 4. The van der Waals surface area contributed by atoms with Gasteiger partial charge in [0.2, 0.25) is 0 Å². The molecule has 4 heteroatoms. The van der Waals surface area contributed by atoms with Crippen molar-refractivity contribution in [1.82, 2.24) is 0 Å². The molecule has 0 bridgehead atoms. The van der Waals surface area contributed by atoms with Crippen LogP contribution >= 0.6 is 0 Å². The van der Waals surface area contributed by atoms with Crippen LogP contribution in [0.15, 0.2) is 24.3 Å². The molecule has 98 valence electrons. The molecule has 1 aromatic rings. The number of anilines is 1. The highest BCUT2D eigenvalue weighted by atomic mass is 16.6. The third-order valence-electron chi connectivity index (χ3n) is 3.05. The number of fused-ring (bicyclic) bond motifs is 1. The molecule has 0 fully saturated rings. The van der Waals surface area contributed by atoms with Crippen molar-refractivity contribution in [2.45, 2.75) is 19.3 Å². The summed E-state index contributed by atoms with van der Waals surface area (Å²) in [5, 5.41) is 3.30. The van der Waals surface area contributed by atoms with Gasteiger partial charge in [-0.15, -0.1) is 0 Å². The van der Waals surface area contributed by atoms with Crippen molar-refractivity contribution in [3.63, 3.8) is 0 Å². The Bertz CT molecular complexity index is 406. The Kier molecular flexibility index (Phi) is 4.59. The summed E-state index contributed by atoms with van der Waals surface area (Å²) in [6.07, 6.45) is 0.427. The Labute approximate surface area is 107 Å². The molecule has 1 atom stereocenters. The van der Waals surface area contributed by atoms with E-state index in [0.717, 1.165) is 12.2 Å². The molecule has 4 nitrogen and oxygen atoms in total. The second kappa shape index (κ2) is 6.40. The van der Waals surface area contributed by atoms with E-state index >= 15 is 0 Å². The van der Waals surface area contributed by atoms with E-state index in [1.165, 1.54) is 5.56 Å². The number of hydrogen-bond donors (Lipinski definition) is 1. The van der Waals surface area contributed by atoms with Gasteiger partial charge in [-0.3, -0.25) is 4.79 Å². The SMILES string of the molecule is CCOCCOC(=O)CC1CNc2ccccc21. The maximum atomic E-state index is 11.7. The number of para-hydroxylation sites is 1. The molecule has 0 amide bonds. The molecule has 0 radical (unpaired) electrons. The van der Waals surface area contributed by atoms with Gasteiger partial charge in [0.05, 0.1) is 13.0 Å². The third kappa shape index (κ3) is 3.23. The standard InChI is InChI=1S/C14H19NO3/c1-2-17-7-8-18-14(16)9-11-10-15-13-6-4-3-5-12(11)13/h3-6,11,15H,2,7-10H2,1H3. The summed E-state index contributed by atoms with van der Waals surface area (Å²) in [5.74, 6) is 0.0685. The number of benzene rings is 1. The topological polar surface area (TPSA) is 47.6 Å². The number of carbonyl (C=O) groups excluding carboxylic acids is 1. The van der Waals surface area contributed by atoms with Gasteiger partial charge in [0, 0.05) is 24.8 Å². The van der Waals surface area contributed by atoms with Crippen molar-refractivity contribution in [3.8, 4) is 0 Å². The highest BCUT2D eigenvalue weighted by Gasteiger charge is 2.24. The molecule has 0 spiro atoms. The molecule has 1 aromatic carbocycles. The Morgan fingerprint density at radius 2 is 2.22 bits per heavy atom. The fraction of sp³-hybridized carbons (Fsp3) is 0.500. The Morgan fingerprint density at radius 3 is 3.06 bits per heavy atom. The molecule has 1 aliphatic heterocycles. The zero-order valence-electron chi connectivity index (χ0n) is 10.6. The van der Waals surface area contributed by atoms with Crippen molar-refractivity contribution >= 4 is 11.7 Å². The van der Waals surface area contributed by atoms with E-state index in [1.54, 1.807) is 0 Å². The van der Waals surface area contributed by atoms with E-state index in [2.05, 4.69) is 11.4 Å². The lowest BCUT2D eigenvalue weighted by molar-refractivity contribution is -0.145. The summed E-state index contributed by atoms with van der Waals surface area (Å²) in [5.41, 5.74) is 2.34. The van der Waals surface area contributed by atoms with Crippen LogP contribution in [0.25, 0.3) is 0 Å². The van der Waals surface area contributed by atoms with Gasteiger partial charge in [0.1, 0.15) is 6.61 Å². The molecule has 0 saturated carbocycles. The molecule has 1 N–H and O–H groups in total. The first kappa shape index (κ1) is 12.9. The fourth-order valence-electron chi connectivity index (χ4n) is 2.16. The van der Waals surface area contributed by atoms with Gasteiger partial charge in [0.25, 0.3) is 0 Å². The monoisotopic (exact) mass is 249 g/mol. The third-order valence-corrected chi connectivity index (χ3v) is 3.05. The van der Waals surface area contributed by atoms with E-state index in [4.69, 9.17) is 9.47 Å². The van der Waals surface area contributed by atoms with E-state index < -0.39 is 0 Å². The van der Waals surface area contributed by atoms with Crippen molar-refractivity contribution in [2.24, 2.45) is 0 Å². The number of ether oxygens (including phenoxy) is 2. The molecular formula is C14H19NO3. The molecule has 0 saturated heterocycles. The van der Waals surface area contributed by atoms with Crippen LogP contribution in [0.2, 0.25) is 0 Å². The summed E-state index contributed by atoms with van der Waals surface area (Å²) in [4.78, 5) is 11.7. The Balaban J connectivity index is 1.79. The number of nitrogens with one attached hydrogen (secondary N) is 1. The first-order chi connectivity index (χ1) is 8.81. The van der Waals surface area contributed by atoms with E-state index in [0.29, 0.717) is 26.2 Å². The molecule has 1 heterocycles. The number of esters is 1. The van der Waals surface area contributed by atoms with Crippen molar-refractivity contribution in [2.75, 3.05) is 31.7 Å². The van der Waals surface area contributed by atoms with Crippen LogP contribution < -0.4 is 5.32 Å². The van der Waals surface area contributed by atoms with Gasteiger partial charge in [-0.1, -0.05) is 18.2 Å². The zero-order valence-corrected chi connectivity index (χ0v) is 10.6. The second-order valence-corrected chi connectivity index (χ2v) is 4.29. The van der Waals surface area contributed by atoms with Crippen LogP contribution in [-0.2, 0) is 14.3 Å². The lowest BCUT2D eigenvalue weighted by Gasteiger charge is -2.10. The van der Waals surface area contributed by atoms with Gasteiger partial charge in [0.15, 0.2) is 0 Å². The van der Waals surface area contributed by atoms with Crippen molar-refractivity contribution < 1.29 is 14.3 Å². The maximum Gasteiger partial charge on any atom is 0.306 e. The number of rotatable bonds is 6. The predicted octanol–water partition coefficient (Wildman–Crippen LogP) is 2.17. The largest absolute Gasteiger partial charge is 0.463 e. The second-order valence-electron chi connectivity index (χ2n) is 4.29. The molecule has 0 aliphatic carbocycles. The Morgan fingerprint density at radius 1 is 1.39 bits per heavy atom. The number of carbonyl (C=O) groups is 1. The van der Waals surface area contributed by atoms with Gasteiger partial charge in [-0.05, 0) is 18.6 Å². The smallest absolute Gasteiger partial charge is 0.306 e. The highest BCUT2D eigenvalue weighted by Crippen LogP contribution is 2.33. The zero-order chi connectivity index (χ0) is 12.8. The Hall–Kier alpha value is -1.55. The van der Waals surface area contributed by atoms with Crippen LogP contribution in [0.4, 0.5) is 5.69 Å². The predicted molar refractivity (Wildman–Crippen MR) is 69.7 cm³/mol. The van der Waals surface area contributed by atoms with Gasteiger partial charge in [-0.25, -0.2) is 0 Å². The first-order valence-electron chi connectivity index (χ1n) is 6.37. The van der Waals surface area contributed by atoms with E-state index in [1.807, 2.05) is 25.1 Å². The van der Waals surface area contributed by atoms with Crippen LogP contribution in [0, 0.1) is 0 Å². The van der Waals surface area contributed by atoms with Crippen LogP contribution in [0.5, 0.6) is 0 Å². The van der Waals surface area contributed by atoms with E-state index in [9.17, 15) is 4.79 Å². The molecule has 2 rings (SSSR count). The van der Waals surface area contributed by atoms with Crippen LogP contribution in [0.1, 0.15) is 24.8 Å². The highest BCUT2D eigenvalue weighted by molar-refractivity contribution is 5.72. The fourth-order valence-corrected chi connectivity index (χ4v) is 2.16. The van der Waals surface area contributed by atoms with Crippen molar-refractivity contribution in [3.05, 3.63) is 29.8 Å². The van der Waals surface area contributed by atoms with Crippen molar-refractivity contribution in [1.29, 1.82) is 0 Å². The minimum atomic E-state index is -0.154. The van der Waals surface area contributed by atoms with Gasteiger partial charge in [-0.2, -0.15) is 0 Å². The summed E-state index contributed by atoms with van der Waals surface area (Å²) < 4.78 is 10.2. The molecule has 0 aromatic heterocycles. The first-order valence-corrected chi connectivity index (χ1v) is 6.37. The summed E-state index contributed by atoms with van der Waals surface area (Å²) in [7, 11) is 0. The normalized spacial score (nSPS) is 17.1. The lowest BCUT2D eigenvalue weighted by Crippen LogP contribution is -2.14. The minimum Gasteiger partial charge on any atom is -0.463 e. The molecule has 18 heavy (non-hydrogen) atoms. The molecular weight excluding hydrogens is 230 g/mol. The summed E-state index contributed by atoms with van der Waals surface area (Å²) in [6.45, 7) is 4.19. The average molecular weight is 249 g/mol. The van der Waals surface area contributed by atoms with Crippen LogP contribution in [0.3, 0.4) is 0 Å². The maximum absolute atomic E-state index is 11.7.